The summed E-state index contributed by atoms with van der Waals surface area (Å²) >= 11 is 0. The Hall–Kier alpha value is -1.49. The third-order valence-corrected chi connectivity index (χ3v) is 3.13. The molecule has 1 saturated heterocycles. The lowest BCUT2D eigenvalue weighted by molar-refractivity contribution is -0.129. The molecule has 1 aromatic rings. The van der Waals surface area contributed by atoms with E-state index in [1.165, 1.54) is 0 Å². The number of amides is 1. The average Bonchev–Trinajstić information content (AvgIpc) is 2.38. The maximum atomic E-state index is 11.2. The van der Waals surface area contributed by atoms with Crippen LogP contribution in [0.2, 0.25) is 0 Å². The van der Waals surface area contributed by atoms with Gasteiger partial charge in [-0.1, -0.05) is 0 Å². The van der Waals surface area contributed by atoms with Crippen molar-refractivity contribution in [1.29, 1.82) is 0 Å². The number of likely N-dealkylation sites (tertiary alicyclic amines) is 1. The molecule has 1 N–H and O–H groups in total. The van der Waals surface area contributed by atoms with E-state index >= 15 is 0 Å². The smallest absolute Gasteiger partial charge is 0.219 e. The Balaban J connectivity index is 1.74. The summed E-state index contributed by atoms with van der Waals surface area (Å²) in [6.45, 7) is 4.09. The second-order valence-electron chi connectivity index (χ2n) is 4.36. The Morgan fingerprint density at radius 1 is 1.47 bits per heavy atom. The van der Waals surface area contributed by atoms with E-state index in [2.05, 4.69) is 15.3 Å². The van der Waals surface area contributed by atoms with E-state index in [0.29, 0.717) is 6.04 Å². The Bertz CT molecular complexity index is 360. The zero-order valence-electron chi connectivity index (χ0n) is 10.1. The molecule has 92 valence electrons. The van der Waals surface area contributed by atoms with Gasteiger partial charge < -0.3 is 10.2 Å². The van der Waals surface area contributed by atoms with E-state index < -0.39 is 0 Å². The molecule has 0 atom stereocenters. The normalized spacial score (nSPS) is 17.1. The van der Waals surface area contributed by atoms with Crippen LogP contribution in [0.25, 0.3) is 0 Å². The van der Waals surface area contributed by atoms with Gasteiger partial charge in [-0.25, -0.2) is 0 Å². The topological polar surface area (TPSA) is 58.1 Å². The number of hydrogen-bond acceptors (Lipinski definition) is 4. The zero-order chi connectivity index (χ0) is 12.1. The first kappa shape index (κ1) is 12.0. The van der Waals surface area contributed by atoms with Gasteiger partial charge in [-0.05, 0) is 12.8 Å². The quantitative estimate of drug-likeness (QED) is 0.831. The van der Waals surface area contributed by atoms with Crippen molar-refractivity contribution >= 4 is 5.91 Å². The van der Waals surface area contributed by atoms with Crippen LogP contribution in [0.4, 0.5) is 0 Å². The highest BCUT2D eigenvalue weighted by Crippen LogP contribution is 2.10. The van der Waals surface area contributed by atoms with Gasteiger partial charge in [0.15, 0.2) is 0 Å². The van der Waals surface area contributed by atoms with E-state index in [1.807, 2.05) is 4.90 Å². The van der Waals surface area contributed by atoms with E-state index in [-0.39, 0.29) is 5.91 Å². The summed E-state index contributed by atoms with van der Waals surface area (Å²) in [6.07, 6.45) is 7.18. The molecule has 1 aliphatic heterocycles. The maximum Gasteiger partial charge on any atom is 0.219 e. The number of carbonyl (C=O) groups excluding carboxylic acids is 1. The molecule has 0 unspecified atom stereocenters. The second-order valence-corrected chi connectivity index (χ2v) is 4.36. The van der Waals surface area contributed by atoms with Crippen LogP contribution in [-0.4, -0.2) is 39.9 Å². The molecule has 2 rings (SSSR count). The van der Waals surface area contributed by atoms with Crippen molar-refractivity contribution in [2.75, 3.05) is 13.1 Å². The SMILES string of the molecule is CC(=O)N1CCC(NCc2cnccn2)CC1. The van der Waals surface area contributed by atoms with Crippen LogP contribution < -0.4 is 5.32 Å². The highest BCUT2D eigenvalue weighted by atomic mass is 16.2. The molecule has 0 bridgehead atoms. The lowest BCUT2D eigenvalue weighted by atomic mass is 10.1. The predicted octanol–water partition coefficient (Wildman–Crippen LogP) is 0.577. The van der Waals surface area contributed by atoms with Crippen LogP contribution >= 0.6 is 0 Å². The monoisotopic (exact) mass is 234 g/mol. The number of carbonyl (C=O) groups is 1. The fourth-order valence-electron chi connectivity index (χ4n) is 2.07. The van der Waals surface area contributed by atoms with Crippen LogP contribution in [0.5, 0.6) is 0 Å². The molecule has 0 spiro atoms. The highest BCUT2D eigenvalue weighted by Gasteiger charge is 2.19. The molecule has 0 aliphatic carbocycles. The molecule has 5 nitrogen and oxygen atoms in total. The fourth-order valence-corrected chi connectivity index (χ4v) is 2.07. The van der Waals surface area contributed by atoms with Crippen LogP contribution in [-0.2, 0) is 11.3 Å². The van der Waals surface area contributed by atoms with Gasteiger partial charge in [-0.3, -0.25) is 14.8 Å². The second kappa shape index (κ2) is 5.72. The molecular weight excluding hydrogens is 216 g/mol. The van der Waals surface area contributed by atoms with Crippen molar-refractivity contribution < 1.29 is 4.79 Å². The van der Waals surface area contributed by atoms with E-state index in [9.17, 15) is 4.79 Å². The van der Waals surface area contributed by atoms with Crippen molar-refractivity contribution in [2.45, 2.75) is 32.4 Å². The predicted molar refractivity (Wildman–Crippen MR) is 64.1 cm³/mol. The third-order valence-electron chi connectivity index (χ3n) is 3.13. The molecule has 2 heterocycles. The molecule has 17 heavy (non-hydrogen) atoms. The van der Waals surface area contributed by atoms with Crippen molar-refractivity contribution in [3.05, 3.63) is 24.3 Å². The Morgan fingerprint density at radius 2 is 2.24 bits per heavy atom. The Kier molecular flexibility index (Phi) is 4.03. The third kappa shape index (κ3) is 3.49. The Labute approximate surface area is 101 Å². The van der Waals surface area contributed by atoms with Gasteiger partial charge in [0.05, 0.1) is 5.69 Å². The van der Waals surface area contributed by atoms with Crippen molar-refractivity contribution in [1.82, 2.24) is 20.2 Å². The maximum absolute atomic E-state index is 11.2. The molecule has 5 heteroatoms. The number of rotatable bonds is 3. The summed E-state index contributed by atoms with van der Waals surface area (Å²) in [5.74, 6) is 0.178. The van der Waals surface area contributed by atoms with Crippen LogP contribution in [0.15, 0.2) is 18.6 Å². The first-order valence-electron chi connectivity index (χ1n) is 5.99. The van der Waals surface area contributed by atoms with Crippen LogP contribution in [0.3, 0.4) is 0 Å². The number of piperidine rings is 1. The van der Waals surface area contributed by atoms with Gasteiger partial charge in [-0.2, -0.15) is 0 Å². The number of hydrogen-bond donors (Lipinski definition) is 1. The first-order chi connectivity index (χ1) is 8.25. The standard InChI is InChI=1S/C12H18N4O/c1-10(17)16-6-2-11(3-7-16)15-9-12-8-13-4-5-14-12/h4-5,8,11,15H,2-3,6-7,9H2,1H3. The lowest BCUT2D eigenvalue weighted by Crippen LogP contribution is -2.44. The van der Waals surface area contributed by atoms with Crippen molar-refractivity contribution in [3.63, 3.8) is 0 Å². The Morgan fingerprint density at radius 3 is 2.82 bits per heavy atom. The van der Waals surface area contributed by atoms with Gasteiger partial charge in [-0.15, -0.1) is 0 Å². The van der Waals surface area contributed by atoms with E-state index in [1.54, 1.807) is 25.5 Å². The van der Waals surface area contributed by atoms with Gasteiger partial charge in [0, 0.05) is 51.2 Å². The number of nitrogens with zero attached hydrogens (tertiary/aromatic N) is 3. The van der Waals surface area contributed by atoms with Gasteiger partial charge >= 0.3 is 0 Å². The van der Waals surface area contributed by atoms with Crippen molar-refractivity contribution in [3.8, 4) is 0 Å². The van der Waals surface area contributed by atoms with Gasteiger partial charge in [0.1, 0.15) is 0 Å². The van der Waals surface area contributed by atoms with Crippen LogP contribution in [0, 0.1) is 0 Å². The summed E-state index contributed by atoms with van der Waals surface area (Å²) in [5, 5.41) is 3.46. The minimum absolute atomic E-state index is 0.178. The van der Waals surface area contributed by atoms with Crippen LogP contribution in [0.1, 0.15) is 25.5 Å². The molecule has 0 aromatic carbocycles. The minimum atomic E-state index is 0.178. The summed E-state index contributed by atoms with van der Waals surface area (Å²) in [7, 11) is 0. The summed E-state index contributed by atoms with van der Waals surface area (Å²) in [5.41, 5.74) is 0.960. The minimum Gasteiger partial charge on any atom is -0.343 e. The zero-order valence-corrected chi connectivity index (χ0v) is 10.1. The lowest BCUT2D eigenvalue weighted by Gasteiger charge is -2.31. The summed E-state index contributed by atoms with van der Waals surface area (Å²) in [6, 6.07) is 0.479. The molecular formula is C12H18N4O. The molecule has 1 aliphatic rings. The summed E-state index contributed by atoms with van der Waals surface area (Å²) < 4.78 is 0. The van der Waals surface area contributed by atoms with E-state index in [4.69, 9.17) is 0 Å². The summed E-state index contributed by atoms with van der Waals surface area (Å²) in [4.78, 5) is 21.3. The first-order valence-corrected chi connectivity index (χ1v) is 5.99. The fraction of sp³-hybridized carbons (Fsp3) is 0.583. The van der Waals surface area contributed by atoms with Gasteiger partial charge in [0.25, 0.3) is 0 Å². The van der Waals surface area contributed by atoms with E-state index in [0.717, 1.165) is 38.2 Å². The number of aromatic nitrogens is 2. The molecule has 0 radical (unpaired) electrons. The largest absolute Gasteiger partial charge is 0.343 e. The molecule has 0 saturated carbocycles. The van der Waals surface area contributed by atoms with Crippen molar-refractivity contribution in [2.24, 2.45) is 0 Å². The average molecular weight is 234 g/mol. The van der Waals surface area contributed by atoms with Gasteiger partial charge in [0.2, 0.25) is 5.91 Å². The molecule has 1 fully saturated rings. The molecule has 1 aromatic heterocycles. The highest BCUT2D eigenvalue weighted by molar-refractivity contribution is 5.73. The molecule has 1 amide bonds. The number of nitrogens with one attached hydrogen (secondary N) is 1.